The minimum absolute atomic E-state index is 0. The Morgan fingerprint density at radius 3 is 2.54 bits per heavy atom. The monoisotopic (exact) mass is 515 g/mol. The van der Waals surface area contributed by atoms with Gasteiger partial charge in [-0.3, -0.25) is 9.89 Å². The number of aliphatic imine (C=N–C) groups is 1. The Hall–Kier alpha value is -1.46. The van der Waals surface area contributed by atoms with Crippen LogP contribution in [-0.2, 0) is 6.42 Å². The predicted molar refractivity (Wildman–Crippen MR) is 128 cm³/mol. The Labute approximate surface area is 188 Å². The fourth-order valence-corrected chi connectivity index (χ4v) is 3.82. The van der Waals surface area contributed by atoms with E-state index in [-0.39, 0.29) is 24.0 Å². The minimum atomic E-state index is 0. The van der Waals surface area contributed by atoms with E-state index >= 15 is 0 Å². The molecule has 2 aromatic rings. The number of halogens is 1. The van der Waals surface area contributed by atoms with E-state index in [0.29, 0.717) is 0 Å². The van der Waals surface area contributed by atoms with Crippen molar-refractivity contribution < 1.29 is 0 Å². The zero-order valence-electron chi connectivity index (χ0n) is 16.4. The van der Waals surface area contributed by atoms with E-state index < -0.39 is 0 Å². The molecule has 1 saturated heterocycles. The van der Waals surface area contributed by atoms with Crippen molar-refractivity contribution in [3.05, 3.63) is 40.8 Å². The van der Waals surface area contributed by atoms with Crippen molar-refractivity contribution in [3.8, 4) is 0 Å². The van der Waals surface area contributed by atoms with Gasteiger partial charge in [-0.25, -0.2) is 9.97 Å². The van der Waals surface area contributed by atoms with E-state index in [1.807, 2.05) is 25.5 Å². The molecule has 0 bridgehead atoms. The van der Waals surface area contributed by atoms with Crippen molar-refractivity contribution in [2.45, 2.75) is 12.8 Å². The topological polar surface area (TPSA) is 68.7 Å². The number of piperazine rings is 1. The molecule has 2 aromatic heterocycles. The Morgan fingerprint density at radius 2 is 1.86 bits per heavy atom. The summed E-state index contributed by atoms with van der Waals surface area (Å²) in [5.74, 6) is 1.73. The number of nitrogens with zero attached hydrogens (tertiary/aromatic N) is 5. The molecule has 3 heterocycles. The largest absolute Gasteiger partial charge is 0.356 e. The fraction of sp³-hybridized carbons (Fsp3) is 0.526. The van der Waals surface area contributed by atoms with Gasteiger partial charge in [0.15, 0.2) is 5.96 Å². The van der Waals surface area contributed by atoms with E-state index in [9.17, 15) is 0 Å². The first-order chi connectivity index (χ1) is 13.3. The Bertz CT molecular complexity index is 673. The zero-order valence-corrected chi connectivity index (χ0v) is 19.5. The quantitative estimate of drug-likeness (QED) is 0.243. The lowest BCUT2D eigenvalue weighted by Gasteiger charge is -2.34. The molecule has 0 unspecified atom stereocenters. The molecule has 0 aliphatic carbocycles. The highest BCUT2D eigenvalue weighted by Crippen LogP contribution is 2.10. The van der Waals surface area contributed by atoms with Crippen LogP contribution in [0.4, 0.5) is 5.95 Å². The molecule has 0 aromatic carbocycles. The number of aromatic nitrogens is 2. The summed E-state index contributed by atoms with van der Waals surface area (Å²) in [7, 11) is 1.82. The van der Waals surface area contributed by atoms with Crippen molar-refractivity contribution in [1.29, 1.82) is 0 Å². The van der Waals surface area contributed by atoms with Crippen LogP contribution in [0.5, 0.6) is 0 Å². The number of nitrogens with one attached hydrogen (secondary N) is 2. The summed E-state index contributed by atoms with van der Waals surface area (Å²) in [4.78, 5) is 19.1. The van der Waals surface area contributed by atoms with E-state index in [1.54, 1.807) is 11.3 Å². The highest BCUT2D eigenvalue weighted by Gasteiger charge is 2.18. The summed E-state index contributed by atoms with van der Waals surface area (Å²) in [5.41, 5.74) is 0. The average Bonchev–Trinajstić information content (AvgIpc) is 3.24. The highest BCUT2D eigenvalue weighted by atomic mass is 127. The smallest absolute Gasteiger partial charge is 0.225 e. The second kappa shape index (κ2) is 12.9. The number of hydrogen-bond donors (Lipinski definition) is 2. The third-order valence-corrected chi connectivity index (χ3v) is 5.55. The van der Waals surface area contributed by atoms with Gasteiger partial charge in [-0.15, -0.1) is 35.3 Å². The summed E-state index contributed by atoms with van der Waals surface area (Å²) < 4.78 is 0. The van der Waals surface area contributed by atoms with E-state index in [0.717, 1.165) is 70.6 Å². The van der Waals surface area contributed by atoms with Crippen LogP contribution in [0.25, 0.3) is 0 Å². The highest BCUT2D eigenvalue weighted by molar-refractivity contribution is 14.0. The van der Waals surface area contributed by atoms with Crippen molar-refractivity contribution in [2.75, 3.05) is 57.8 Å². The number of rotatable bonds is 8. The van der Waals surface area contributed by atoms with Gasteiger partial charge in [0, 0.05) is 63.6 Å². The van der Waals surface area contributed by atoms with E-state index in [4.69, 9.17) is 0 Å². The SMILES string of the molecule is CN=C(NCCCN1CCN(c2ncccn2)CC1)NCCc1cccs1.I. The normalized spacial score (nSPS) is 15.2. The maximum absolute atomic E-state index is 4.34. The molecule has 154 valence electrons. The molecule has 1 aliphatic heterocycles. The number of anilines is 1. The van der Waals surface area contributed by atoms with Gasteiger partial charge in [-0.05, 0) is 36.9 Å². The first-order valence-corrected chi connectivity index (χ1v) is 10.4. The molecule has 0 saturated carbocycles. The average molecular weight is 515 g/mol. The Kier molecular flexibility index (Phi) is 10.5. The molecule has 1 aliphatic rings. The van der Waals surface area contributed by atoms with E-state index in [1.165, 1.54) is 4.88 Å². The lowest BCUT2D eigenvalue weighted by atomic mass is 10.3. The van der Waals surface area contributed by atoms with Gasteiger partial charge in [0.2, 0.25) is 5.95 Å². The van der Waals surface area contributed by atoms with Crippen LogP contribution in [0.1, 0.15) is 11.3 Å². The van der Waals surface area contributed by atoms with Crippen molar-refractivity contribution in [3.63, 3.8) is 0 Å². The molecule has 0 radical (unpaired) electrons. The molecule has 7 nitrogen and oxygen atoms in total. The van der Waals surface area contributed by atoms with Gasteiger partial charge in [0.25, 0.3) is 0 Å². The van der Waals surface area contributed by atoms with Gasteiger partial charge in [0.05, 0.1) is 0 Å². The van der Waals surface area contributed by atoms with Crippen LogP contribution in [0.2, 0.25) is 0 Å². The molecular weight excluding hydrogens is 485 g/mol. The van der Waals surface area contributed by atoms with E-state index in [2.05, 4.69) is 52.9 Å². The molecule has 1 fully saturated rings. The van der Waals surface area contributed by atoms with Gasteiger partial charge >= 0.3 is 0 Å². The van der Waals surface area contributed by atoms with Crippen LogP contribution < -0.4 is 15.5 Å². The second-order valence-corrected chi connectivity index (χ2v) is 7.52. The molecule has 28 heavy (non-hydrogen) atoms. The van der Waals surface area contributed by atoms with Gasteiger partial charge in [0.1, 0.15) is 0 Å². The third kappa shape index (κ3) is 7.51. The first kappa shape index (κ1) is 22.8. The summed E-state index contributed by atoms with van der Waals surface area (Å²) in [6.07, 6.45) is 5.75. The van der Waals surface area contributed by atoms with Gasteiger partial charge in [-0.2, -0.15) is 0 Å². The summed E-state index contributed by atoms with van der Waals surface area (Å²) >= 11 is 1.80. The number of guanidine groups is 1. The lowest BCUT2D eigenvalue weighted by molar-refractivity contribution is 0.254. The summed E-state index contributed by atoms with van der Waals surface area (Å²) in [6.45, 7) is 7.04. The summed E-state index contributed by atoms with van der Waals surface area (Å²) in [6, 6.07) is 6.13. The Balaban J connectivity index is 0.00000280. The number of hydrogen-bond acceptors (Lipinski definition) is 6. The molecule has 3 rings (SSSR count). The second-order valence-electron chi connectivity index (χ2n) is 6.49. The zero-order chi connectivity index (χ0) is 18.7. The molecule has 2 N–H and O–H groups in total. The van der Waals surface area contributed by atoms with Crippen molar-refractivity contribution >= 4 is 47.2 Å². The maximum Gasteiger partial charge on any atom is 0.225 e. The van der Waals surface area contributed by atoms with Crippen molar-refractivity contribution in [2.24, 2.45) is 4.99 Å². The third-order valence-electron chi connectivity index (χ3n) is 4.62. The van der Waals surface area contributed by atoms with Crippen LogP contribution in [-0.4, -0.2) is 73.7 Å². The minimum Gasteiger partial charge on any atom is -0.356 e. The first-order valence-electron chi connectivity index (χ1n) is 9.56. The number of thiophene rings is 1. The predicted octanol–water partition coefficient (Wildman–Crippen LogP) is 2.08. The van der Waals surface area contributed by atoms with Gasteiger partial charge < -0.3 is 15.5 Å². The molecule has 0 spiro atoms. The lowest BCUT2D eigenvalue weighted by Crippen LogP contribution is -2.47. The van der Waals surface area contributed by atoms with Crippen LogP contribution in [0.3, 0.4) is 0 Å². The molecule has 9 heteroatoms. The van der Waals surface area contributed by atoms with Crippen LogP contribution in [0, 0.1) is 0 Å². The standard InChI is InChI=1S/C19H29N7S.HI/c1-20-18(22-10-6-17-5-2-16-27-17)21-9-4-11-25-12-14-26(15-13-25)19-23-7-3-8-24-19;/h2-3,5,7-8,16H,4,6,9-15H2,1H3,(H2,20,21,22);1H. The molecule has 0 atom stereocenters. The summed E-state index contributed by atoms with van der Waals surface area (Å²) in [5, 5.41) is 8.91. The fourth-order valence-electron chi connectivity index (χ4n) is 3.12. The molecule has 0 amide bonds. The van der Waals surface area contributed by atoms with Crippen LogP contribution in [0.15, 0.2) is 41.0 Å². The maximum atomic E-state index is 4.34. The molecular formula is C19H30IN7S. The van der Waals surface area contributed by atoms with Crippen LogP contribution >= 0.6 is 35.3 Å². The Morgan fingerprint density at radius 1 is 1.11 bits per heavy atom. The van der Waals surface area contributed by atoms with Crippen molar-refractivity contribution in [1.82, 2.24) is 25.5 Å². The van der Waals surface area contributed by atoms with Gasteiger partial charge in [-0.1, -0.05) is 6.07 Å².